The molecule has 0 N–H and O–H groups in total. The van der Waals surface area contributed by atoms with E-state index >= 15 is 0 Å². The summed E-state index contributed by atoms with van der Waals surface area (Å²) >= 11 is 0. The topological polar surface area (TPSA) is 167 Å². The second kappa shape index (κ2) is 20.9. The van der Waals surface area contributed by atoms with Crippen molar-refractivity contribution in [3.05, 3.63) is 115 Å². The van der Waals surface area contributed by atoms with Gasteiger partial charge in [0.25, 0.3) is 0 Å². The van der Waals surface area contributed by atoms with Crippen LogP contribution in [0.5, 0.6) is 17.2 Å². The quantitative estimate of drug-likeness (QED) is 0.0374. The number of esters is 5. The summed E-state index contributed by atoms with van der Waals surface area (Å²) in [6, 6.07) is 17.8. The zero-order valence-electron chi connectivity index (χ0n) is 27.2. The van der Waals surface area contributed by atoms with Gasteiger partial charge in [0.05, 0.1) is 44.0 Å². The van der Waals surface area contributed by atoms with E-state index < -0.39 is 36.0 Å². The van der Waals surface area contributed by atoms with Crippen molar-refractivity contribution in [2.24, 2.45) is 0 Å². The molecule has 0 unspecified atom stereocenters. The standard InChI is InChI=1S/C37H36O13/c1-3-32(38)44-21-5-6-23-46-34(40)25-26-9-11-27(12-10-26)35(41)48-29-17-19-30(20-18-29)49-36(42)28-13-15-31(16-14-28)50-37(43)47-24-8-7-22-45-33(39)4-2/h3-4,9-20H,1-2,5-8,21-25H2. The third kappa shape index (κ3) is 14.3. The normalized spacial score (nSPS) is 10.2. The van der Waals surface area contributed by atoms with E-state index in [0.29, 0.717) is 31.2 Å². The van der Waals surface area contributed by atoms with Crippen LogP contribution in [0.25, 0.3) is 0 Å². The lowest BCUT2D eigenvalue weighted by atomic mass is 10.1. The van der Waals surface area contributed by atoms with Gasteiger partial charge in [-0.1, -0.05) is 25.3 Å². The number of benzene rings is 3. The average Bonchev–Trinajstić information content (AvgIpc) is 3.12. The number of unbranched alkanes of at least 4 members (excludes halogenated alkanes) is 2. The van der Waals surface area contributed by atoms with Gasteiger partial charge < -0.3 is 33.2 Å². The summed E-state index contributed by atoms with van der Waals surface area (Å²) in [7, 11) is 0. The van der Waals surface area contributed by atoms with Crippen LogP contribution in [0.4, 0.5) is 4.79 Å². The predicted molar refractivity (Wildman–Crippen MR) is 177 cm³/mol. The fraction of sp³-hybridized carbons (Fsp3) is 0.243. The molecule has 0 saturated heterocycles. The van der Waals surface area contributed by atoms with Crippen LogP contribution in [0.15, 0.2) is 98.1 Å². The van der Waals surface area contributed by atoms with Crippen LogP contribution < -0.4 is 14.2 Å². The van der Waals surface area contributed by atoms with E-state index in [1.54, 1.807) is 12.1 Å². The van der Waals surface area contributed by atoms with Gasteiger partial charge in [0, 0.05) is 12.2 Å². The fourth-order valence-electron chi connectivity index (χ4n) is 3.88. The molecule has 0 radical (unpaired) electrons. The SMILES string of the molecule is C=CC(=O)OCCCCOC(=O)Cc1ccc(C(=O)Oc2ccc(OC(=O)c3ccc(OC(=O)OCCCCOC(=O)C=C)cc3)cc2)cc1. The fourth-order valence-corrected chi connectivity index (χ4v) is 3.88. The molecule has 0 amide bonds. The van der Waals surface area contributed by atoms with Crippen LogP contribution in [0.2, 0.25) is 0 Å². The number of hydrogen-bond donors (Lipinski definition) is 0. The second-order valence-electron chi connectivity index (χ2n) is 10.2. The Morgan fingerprint density at radius 2 is 0.860 bits per heavy atom. The summed E-state index contributed by atoms with van der Waals surface area (Å²) in [5.74, 6) is -2.18. The van der Waals surface area contributed by atoms with Crippen LogP contribution in [0, 0.1) is 0 Å². The van der Waals surface area contributed by atoms with Crippen LogP contribution in [-0.2, 0) is 39.8 Å². The number of ether oxygens (including phenoxy) is 7. The first-order valence-electron chi connectivity index (χ1n) is 15.5. The van der Waals surface area contributed by atoms with Crippen molar-refractivity contribution in [3.63, 3.8) is 0 Å². The van der Waals surface area contributed by atoms with Gasteiger partial charge in [-0.25, -0.2) is 24.0 Å². The van der Waals surface area contributed by atoms with E-state index in [1.165, 1.54) is 60.7 Å². The Labute approximate surface area is 288 Å². The molecule has 262 valence electrons. The summed E-state index contributed by atoms with van der Waals surface area (Å²) in [4.78, 5) is 71.1. The lowest BCUT2D eigenvalue weighted by Crippen LogP contribution is -2.13. The maximum Gasteiger partial charge on any atom is 0.513 e. The molecule has 13 nitrogen and oxygen atoms in total. The molecule has 3 aromatic rings. The molecule has 0 fully saturated rings. The average molecular weight is 689 g/mol. The molecule has 0 saturated carbocycles. The molecule has 0 aliphatic carbocycles. The first kappa shape index (κ1) is 38.2. The Morgan fingerprint density at radius 1 is 0.480 bits per heavy atom. The highest BCUT2D eigenvalue weighted by molar-refractivity contribution is 5.92. The minimum absolute atomic E-state index is 0.0216. The number of hydrogen-bond acceptors (Lipinski definition) is 13. The zero-order valence-corrected chi connectivity index (χ0v) is 27.2. The highest BCUT2D eigenvalue weighted by Gasteiger charge is 2.13. The van der Waals surface area contributed by atoms with Gasteiger partial charge in [-0.15, -0.1) is 0 Å². The molecule has 3 aromatic carbocycles. The molecule has 0 aromatic heterocycles. The van der Waals surface area contributed by atoms with Crippen molar-refractivity contribution in [2.75, 3.05) is 26.4 Å². The molecular weight excluding hydrogens is 652 g/mol. The van der Waals surface area contributed by atoms with Crippen molar-refractivity contribution in [2.45, 2.75) is 32.1 Å². The zero-order chi connectivity index (χ0) is 36.1. The predicted octanol–water partition coefficient (Wildman–Crippen LogP) is 5.74. The monoisotopic (exact) mass is 688 g/mol. The van der Waals surface area contributed by atoms with Gasteiger partial charge in [-0.3, -0.25) is 4.79 Å². The van der Waals surface area contributed by atoms with Gasteiger partial charge in [0.2, 0.25) is 0 Å². The molecule has 0 atom stereocenters. The first-order valence-corrected chi connectivity index (χ1v) is 15.5. The Kier molecular flexibility index (Phi) is 16.0. The van der Waals surface area contributed by atoms with Crippen molar-refractivity contribution in [1.82, 2.24) is 0 Å². The van der Waals surface area contributed by atoms with Gasteiger partial charge >= 0.3 is 36.0 Å². The van der Waals surface area contributed by atoms with E-state index in [0.717, 1.165) is 12.2 Å². The van der Waals surface area contributed by atoms with Gasteiger partial charge in [0.15, 0.2) is 0 Å². The minimum atomic E-state index is -0.922. The van der Waals surface area contributed by atoms with E-state index in [2.05, 4.69) is 13.2 Å². The number of rotatable bonds is 19. The maximum absolute atomic E-state index is 12.6. The summed E-state index contributed by atoms with van der Waals surface area (Å²) < 4.78 is 35.7. The summed E-state index contributed by atoms with van der Waals surface area (Å²) in [5.41, 5.74) is 1.10. The molecule has 0 aliphatic rings. The van der Waals surface area contributed by atoms with E-state index in [4.69, 9.17) is 33.2 Å². The summed E-state index contributed by atoms with van der Waals surface area (Å²) in [6.07, 6.45) is 3.30. The maximum atomic E-state index is 12.6. The Bertz CT molecular complexity index is 1500. The van der Waals surface area contributed by atoms with Crippen LogP contribution in [0.3, 0.4) is 0 Å². The van der Waals surface area contributed by atoms with Crippen molar-refractivity contribution in [1.29, 1.82) is 0 Å². The number of carbonyl (C=O) groups is 6. The molecular formula is C37H36O13. The van der Waals surface area contributed by atoms with E-state index in [1.807, 2.05) is 0 Å². The van der Waals surface area contributed by atoms with Crippen molar-refractivity contribution < 1.29 is 61.9 Å². The Morgan fingerprint density at radius 3 is 1.32 bits per heavy atom. The Hall–Kier alpha value is -6.24. The molecule has 3 rings (SSSR count). The number of carbonyl (C=O) groups excluding carboxylic acids is 6. The van der Waals surface area contributed by atoms with Crippen molar-refractivity contribution in [3.8, 4) is 17.2 Å². The van der Waals surface area contributed by atoms with E-state index in [9.17, 15) is 28.8 Å². The molecule has 0 bridgehead atoms. The third-order valence-electron chi connectivity index (χ3n) is 6.46. The first-order chi connectivity index (χ1) is 24.2. The highest BCUT2D eigenvalue weighted by Crippen LogP contribution is 2.21. The molecule has 0 heterocycles. The largest absolute Gasteiger partial charge is 0.513 e. The molecule has 0 spiro atoms. The van der Waals surface area contributed by atoms with Gasteiger partial charge in [-0.05, 0) is 91.9 Å². The van der Waals surface area contributed by atoms with Gasteiger partial charge in [-0.2, -0.15) is 0 Å². The Balaban J connectivity index is 1.36. The molecule has 0 aliphatic heterocycles. The third-order valence-corrected chi connectivity index (χ3v) is 6.46. The van der Waals surface area contributed by atoms with Crippen LogP contribution >= 0.6 is 0 Å². The summed E-state index contributed by atoms with van der Waals surface area (Å²) in [6.45, 7) is 7.27. The lowest BCUT2D eigenvalue weighted by molar-refractivity contribution is -0.143. The second-order valence-corrected chi connectivity index (χ2v) is 10.2. The van der Waals surface area contributed by atoms with E-state index in [-0.39, 0.29) is 61.2 Å². The highest BCUT2D eigenvalue weighted by atomic mass is 16.7. The molecule has 50 heavy (non-hydrogen) atoms. The lowest BCUT2D eigenvalue weighted by Gasteiger charge is -2.08. The summed E-state index contributed by atoms with van der Waals surface area (Å²) in [5, 5.41) is 0. The molecule has 13 heteroatoms. The smallest absolute Gasteiger partial charge is 0.465 e. The van der Waals surface area contributed by atoms with Gasteiger partial charge in [0.1, 0.15) is 17.2 Å². The van der Waals surface area contributed by atoms with Crippen LogP contribution in [0.1, 0.15) is 52.0 Å². The van der Waals surface area contributed by atoms with Crippen molar-refractivity contribution >= 4 is 36.0 Å². The van der Waals surface area contributed by atoms with Crippen LogP contribution in [-0.4, -0.2) is 62.4 Å². The minimum Gasteiger partial charge on any atom is -0.465 e.